The molecule has 1 atom stereocenters. The summed E-state index contributed by atoms with van der Waals surface area (Å²) in [7, 11) is 3.28. The summed E-state index contributed by atoms with van der Waals surface area (Å²) < 4.78 is 22.0. The molecule has 0 aliphatic carbocycles. The van der Waals surface area contributed by atoms with E-state index in [0.717, 1.165) is 16.9 Å². The Morgan fingerprint density at radius 1 is 1.24 bits per heavy atom. The first-order chi connectivity index (χ1) is 10.2. The van der Waals surface area contributed by atoms with Gasteiger partial charge in [0.1, 0.15) is 5.75 Å². The van der Waals surface area contributed by atoms with E-state index in [1.807, 2.05) is 25.1 Å². The fraction of sp³-hybridized carbons (Fsp3) is 0.467. The lowest BCUT2D eigenvalue weighted by atomic mass is 10.0. The molecule has 1 aromatic heterocycles. The molecule has 1 aliphatic rings. The average molecular weight is 290 g/mol. The number of aromatic nitrogens is 2. The lowest BCUT2D eigenvalue weighted by Crippen LogP contribution is -2.29. The number of benzene rings is 1. The van der Waals surface area contributed by atoms with Crippen LogP contribution in [0.15, 0.2) is 22.6 Å². The third-order valence-corrected chi connectivity index (χ3v) is 3.85. The molecule has 0 N–H and O–H groups in total. The molecule has 21 heavy (non-hydrogen) atoms. The van der Waals surface area contributed by atoms with Crippen LogP contribution in [0.1, 0.15) is 17.9 Å². The number of methoxy groups -OCH3 is 2. The van der Waals surface area contributed by atoms with Gasteiger partial charge in [-0.05, 0) is 30.7 Å². The van der Waals surface area contributed by atoms with Crippen molar-refractivity contribution in [2.45, 2.75) is 18.9 Å². The van der Waals surface area contributed by atoms with Crippen LogP contribution in [0, 0.1) is 6.92 Å². The predicted octanol–water partition coefficient (Wildman–Crippen LogP) is 2.32. The molecular weight excluding hydrogens is 272 g/mol. The zero-order valence-electron chi connectivity index (χ0n) is 12.4. The summed E-state index contributed by atoms with van der Waals surface area (Å²) in [4.78, 5) is 0. The van der Waals surface area contributed by atoms with E-state index in [0.29, 0.717) is 31.4 Å². The monoisotopic (exact) mass is 290 g/mol. The minimum absolute atomic E-state index is 0.437. The first-order valence-corrected chi connectivity index (χ1v) is 6.80. The van der Waals surface area contributed by atoms with Crippen molar-refractivity contribution in [3.05, 3.63) is 29.7 Å². The van der Waals surface area contributed by atoms with Crippen molar-refractivity contribution < 1.29 is 18.6 Å². The summed E-state index contributed by atoms with van der Waals surface area (Å²) >= 11 is 0. The standard InChI is InChI=1S/C15H18N2O4/c1-10-8-11(18-2)4-5-12(10)13-16-17-14(21-13)15(19-3)6-7-20-9-15/h4-5,8H,6-7,9H2,1-3H3. The van der Waals surface area contributed by atoms with Crippen molar-refractivity contribution in [1.29, 1.82) is 0 Å². The quantitative estimate of drug-likeness (QED) is 0.861. The Morgan fingerprint density at radius 3 is 2.71 bits per heavy atom. The summed E-state index contributed by atoms with van der Waals surface area (Å²) in [5, 5.41) is 8.30. The molecule has 0 spiro atoms. The zero-order chi connectivity index (χ0) is 14.9. The molecule has 2 heterocycles. The van der Waals surface area contributed by atoms with Gasteiger partial charge in [-0.1, -0.05) is 0 Å². The number of ether oxygens (including phenoxy) is 3. The Kier molecular flexibility index (Phi) is 3.65. The molecule has 0 amide bonds. The van der Waals surface area contributed by atoms with Crippen LogP contribution < -0.4 is 4.74 Å². The number of nitrogens with zero attached hydrogens (tertiary/aromatic N) is 2. The normalized spacial score (nSPS) is 21.7. The first-order valence-electron chi connectivity index (χ1n) is 6.80. The highest BCUT2D eigenvalue weighted by atomic mass is 16.6. The summed E-state index contributed by atoms with van der Waals surface area (Å²) in [6, 6.07) is 5.72. The second-order valence-electron chi connectivity index (χ2n) is 5.09. The van der Waals surface area contributed by atoms with Crippen LogP contribution in [0.25, 0.3) is 11.5 Å². The SMILES string of the molecule is COc1ccc(-c2nnc(C3(OC)CCOC3)o2)c(C)c1. The van der Waals surface area contributed by atoms with Gasteiger partial charge >= 0.3 is 0 Å². The van der Waals surface area contributed by atoms with Gasteiger partial charge in [-0.2, -0.15) is 0 Å². The highest BCUT2D eigenvalue weighted by molar-refractivity contribution is 5.59. The van der Waals surface area contributed by atoms with Crippen LogP contribution in [-0.2, 0) is 15.1 Å². The van der Waals surface area contributed by atoms with Crippen molar-refractivity contribution in [3.63, 3.8) is 0 Å². The Balaban J connectivity index is 1.95. The van der Waals surface area contributed by atoms with Gasteiger partial charge in [-0.25, -0.2) is 0 Å². The molecular formula is C15H18N2O4. The van der Waals surface area contributed by atoms with Gasteiger partial charge in [-0.3, -0.25) is 0 Å². The molecule has 0 radical (unpaired) electrons. The second kappa shape index (κ2) is 5.46. The van der Waals surface area contributed by atoms with Crippen LogP contribution in [0.2, 0.25) is 0 Å². The molecule has 1 saturated heterocycles. The molecule has 6 nitrogen and oxygen atoms in total. The van der Waals surface area contributed by atoms with E-state index in [9.17, 15) is 0 Å². The van der Waals surface area contributed by atoms with Crippen LogP contribution in [0.4, 0.5) is 0 Å². The zero-order valence-corrected chi connectivity index (χ0v) is 12.4. The van der Waals surface area contributed by atoms with Gasteiger partial charge in [-0.15, -0.1) is 10.2 Å². The molecule has 3 rings (SSSR count). The van der Waals surface area contributed by atoms with Crippen LogP contribution >= 0.6 is 0 Å². The Morgan fingerprint density at radius 2 is 2.10 bits per heavy atom. The van der Waals surface area contributed by atoms with Gasteiger partial charge in [0.2, 0.25) is 5.89 Å². The van der Waals surface area contributed by atoms with Gasteiger partial charge < -0.3 is 18.6 Å². The summed E-state index contributed by atoms with van der Waals surface area (Å²) in [6.45, 7) is 3.05. The minimum Gasteiger partial charge on any atom is -0.497 e. The second-order valence-corrected chi connectivity index (χ2v) is 5.09. The maximum absolute atomic E-state index is 5.83. The van der Waals surface area contributed by atoms with E-state index >= 15 is 0 Å². The highest BCUT2D eigenvalue weighted by Gasteiger charge is 2.42. The summed E-state index contributed by atoms with van der Waals surface area (Å²) in [5.41, 5.74) is 1.28. The fourth-order valence-electron chi connectivity index (χ4n) is 2.48. The highest BCUT2D eigenvalue weighted by Crippen LogP contribution is 2.35. The summed E-state index contributed by atoms with van der Waals surface area (Å²) in [6.07, 6.45) is 0.715. The maximum atomic E-state index is 5.83. The van der Waals surface area contributed by atoms with E-state index in [-0.39, 0.29) is 0 Å². The number of aryl methyl sites for hydroxylation is 1. The van der Waals surface area contributed by atoms with E-state index in [1.54, 1.807) is 14.2 Å². The molecule has 1 fully saturated rings. The molecule has 0 saturated carbocycles. The van der Waals surface area contributed by atoms with Gasteiger partial charge in [0.15, 0.2) is 5.60 Å². The number of rotatable bonds is 4. The lowest BCUT2D eigenvalue weighted by Gasteiger charge is -2.20. The average Bonchev–Trinajstić information content (AvgIpc) is 3.16. The largest absolute Gasteiger partial charge is 0.497 e. The van der Waals surface area contributed by atoms with Gasteiger partial charge in [0.25, 0.3) is 5.89 Å². The Bertz CT molecular complexity index is 632. The van der Waals surface area contributed by atoms with Crippen LogP contribution in [0.3, 0.4) is 0 Å². The number of hydrogen-bond donors (Lipinski definition) is 0. The van der Waals surface area contributed by atoms with Crippen molar-refractivity contribution in [2.75, 3.05) is 27.4 Å². The third-order valence-electron chi connectivity index (χ3n) is 3.85. The smallest absolute Gasteiger partial charge is 0.251 e. The molecule has 1 aromatic carbocycles. The van der Waals surface area contributed by atoms with E-state index < -0.39 is 5.60 Å². The van der Waals surface area contributed by atoms with E-state index in [1.165, 1.54) is 0 Å². The van der Waals surface area contributed by atoms with Gasteiger partial charge in [0, 0.05) is 19.1 Å². The topological polar surface area (TPSA) is 66.6 Å². The van der Waals surface area contributed by atoms with Gasteiger partial charge in [0.05, 0.1) is 20.3 Å². The molecule has 6 heteroatoms. The molecule has 112 valence electrons. The fourth-order valence-corrected chi connectivity index (χ4v) is 2.48. The van der Waals surface area contributed by atoms with E-state index in [4.69, 9.17) is 18.6 Å². The molecule has 1 unspecified atom stereocenters. The van der Waals surface area contributed by atoms with Crippen molar-refractivity contribution >= 4 is 0 Å². The molecule has 2 aromatic rings. The van der Waals surface area contributed by atoms with E-state index in [2.05, 4.69) is 10.2 Å². The van der Waals surface area contributed by atoms with Crippen LogP contribution in [-0.4, -0.2) is 37.6 Å². The number of hydrogen-bond acceptors (Lipinski definition) is 6. The minimum atomic E-state index is -0.619. The first kappa shape index (κ1) is 14.0. The van der Waals surface area contributed by atoms with Crippen molar-refractivity contribution in [1.82, 2.24) is 10.2 Å². The maximum Gasteiger partial charge on any atom is 0.251 e. The molecule has 0 bridgehead atoms. The van der Waals surface area contributed by atoms with Crippen molar-refractivity contribution in [3.8, 4) is 17.2 Å². The Hall–Kier alpha value is -1.92. The predicted molar refractivity (Wildman–Crippen MR) is 75.1 cm³/mol. The van der Waals surface area contributed by atoms with Crippen molar-refractivity contribution in [2.24, 2.45) is 0 Å². The van der Waals surface area contributed by atoms with Crippen LogP contribution in [0.5, 0.6) is 5.75 Å². The summed E-state index contributed by atoms with van der Waals surface area (Å²) in [5.74, 6) is 1.75. The molecule has 1 aliphatic heterocycles. The Labute approximate surface area is 123 Å². The lowest BCUT2D eigenvalue weighted by molar-refractivity contribution is -0.0407. The third kappa shape index (κ3) is 2.41.